The average Bonchev–Trinajstić information content (AvgIpc) is 2.70. The first-order valence-electron chi connectivity index (χ1n) is 8.68. The summed E-state index contributed by atoms with van der Waals surface area (Å²) in [5.41, 5.74) is 3.57. The predicted octanol–water partition coefficient (Wildman–Crippen LogP) is 4.43. The smallest absolute Gasteiger partial charge is 0.255 e. The van der Waals surface area contributed by atoms with Gasteiger partial charge in [0.15, 0.2) is 0 Å². The van der Waals surface area contributed by atoms with E-state index in [4.69, 9.17) is 9.47 Å². The molecule has 0 unspecified atom stereocenters. The van der Waals surface area contributed by atoms with Gasteiger partial charge in [-0.1, -0.05) is 30.3 Å². The number of pyridine rings is 1. The van der Waals surface area contributed by atoms with Crippen molar-refractivity contribution < 1.29 is 14.3 Å². The molecule has 0 fully saturated rings. The highest BCUT2D eigenvalue weighted by atomic mass is 16.5. The number of para-hydroxylation sites is 1. The standard InChI is InChI=1S/C22H22N2O3/c1-15-8-9-16(2)20(12-15)27-21-11-10-17(13-23-21)14-24-22(25)18-6-4-5-7-19(18)26-3/h4-13H,14H2,1-3H3,(H,24,25). The number of ether oxygens (including phenoxy) is 2. The Kier molecular flexibility index (Phi) is 5.71. The molecule has 5 nitrogen and oxygen atoms in total. The number of nitrogens with zero attached hydrogens (tertiary/aromatic N) is 1. The van der Waals surface area contributed by atoms with Crippen LogP contribution in [-0.4, -0.2) is 18.0 Å². The number of hydrogen-bond donors (Lipinski definition) is 1. The van der Waals surface area contributed by atoms with Crippen molar-refractivity contribution in [2.24, 2.45) is 0 Å². The molecule has 1 aromatic heterocycles. The summed E-state index contributed by atoms with van der Waals surface area (Å²) in [6.45, 7) is 4.39. The quantitative estimate of drug-likeness (QED) is 0.705. The Morgan fingerprint density at radius 2 is 1.85 bits per heavy atom. The Hall–Kier alpha value is -3.34. The zero-order valence-electron chi connectivity index (χ0n) is 15.7. The van der Waals surface area contributed by atoms with Crippen molar-refractivity contribution in [3.8, 4) is 17.4 Å². The molecule has 0 saturated heterocycles. The van der Waals surface area contributed by atoms with Gasteiger partial charge in [-0.05, 0) is 48.7 Å². The SMILES string of the molecule is COc1ccccc1C(=O)NCc1ccc(Oc2cc(C)ccc2C)nc1. The van der Waals surface area contributed by atoms with Crippen molar-refractivity contribution >= 4 is 5.91 Å². The largest absolute Gasteiger partial charge is 0.496 e. The summed E-state index contributed by atoms with van der Waals surface area (Å²) >= 11 is 0. The second-order valence-corrected chi connectivity index (χ2v) is 6.26. The monoisotopic (exact) mass is 362 g/mol. The number of aromatic nitrogens is 1. The summed E-state index contributed by atoms with van der Waals surface area (Å²) in [5.74, 6) is 1.66. The summed E-state index contributed by atoms with van der Waals surface area (Å²) in [6, 6.07) is 16.9. The normalized spacial score (nSPS) is 10.3. The Morgan fingerprint density at radius 3 is 2.59 bits per heavy atom. The average molecular weight is 362 g/mol. The molecule has 0 aliphatic carbocycles. The molecule has 1 heterocycles. The highest BCUT2D eigenvalue weighted by Crippen LogP contribution is 2.24. The molecule has 0 aliphatic heterocycles. The van der Waals surface area contributed by atoms with E-state index < -0.39 is 0 Å². The van der Waals surface area contributed by atoms with E-state index >= 15 is 0 Å². The summed E-state index contributed by atoms with van der Waals surface area (Å²) in [5, 5.41) is 2.88. The molecule has 0 radical (unpaired) electrons. The Morgan fingerprint density at radius 1 is 1.04 bits per heavy atom. The van der Waals surface area contributed by atoms with E-state index in [-0.39, 0.29) is 5.91 Å². The zero-order chi connectivity index (χ0) is 19.2. The molecule has 0 bridgehead atoms. The van der Waals surface area contributed by atoms with Gasteiger partial charge in [0.05, 0.1) is 12.7 Å². The van der Waals surface area contributed by atoms with Crippen molar-refractivity contribution in [1.29, 1.82) is 0 Å². The summed E-state index contributed by atoms with van der Waals surface area (Å²) in [7, 11) is 1.55. The molecule has 0 spiro atoms. The van der Waals surface area contributed by atoms with Gasteiger partial charge in [0.1, 0.15) is 11.5 Å². The van der Waals surface area contributed by atoms with Crippen LogP contribution in [0.15, 0.2) is 60.8 Å². The first-order valence-corrected chi connectivity index (χ1v) is 8.68. The summed E-state index contributed by atoms with van der Waals surface area (Å²) in [6.07, 6.45) is 1.70. The predicted molar refractivity (Wildman–Crippen MR) is 104 cm³/mol. The Labute approximate surface area is 159 Å². The first-order chi connectivity index (χ1) is 13.1. The van der Waals surface area contributed by atoms with Gasteiger partial charge in [0.25, 0.3) is 5.91 Å². The maximum absolute atomic E-state index is 12.3. The van der Waals surface area contributed by atoms with Gasteiger partial charge >= 0.3 is 0 Å². The lowest BCUT2D eigenvalue weighted by atomic mass is 10.1. The van der Waals surface area contributed by atoms with Crippen molar-refractivity contribution in [1.82, 2.24) is 10.3 Å². The molecular weight excluding hydrogens is 340 g/mol. The number of nitrogens with one attached hydrogen (secondary N) is 1. The van der Waals surface area contributed by atoms with Gasteiger partial charge in [0.2, 0.25) is 5.88 Å². The highest BCUT2D eigenvalue weighted by molar-refractivity contribution is 5.96. The molecule has 0 atom stereocenters. The molecular formula is C22H22N2O3. The van der Waals surface area contributed by atoms with Gasteiger partial charge in [-0.15, -0.1) is 0 Å². The fraction of sp³-hybridized carbons (Fsp3) is 0.182. The minimum absolute atomic E-state index is 0.192. The van der Waals surface area contributed by atoms with Gasteiger partial charge in [0, 0.05) is 18.8 Å². The van der Waals surface area contributed by atoms with Crippen molar-refractivity contribution in [2.75, 3.05) is 7.11 Å². The minimum Gasteiger partial charge on any atom is -0.496 e. The second kappa shape index (κ2) is 8.36. The fourth-order valence-electron chi connectivity index (χ4n) is 2.62. The summed E-state index contributed by atoms with van der Waals surface area (Å²) < 4.78 is 11.1. The lowest BCUT2D eigenvalue weighted by molar-refractivity contribution is 0.0948. The van der Waals surface area contributed by atoms with Gasteiger partial charge in [-0.25, -0.2) is 4.98 Å². The van der Waals surface area contributed by atoms with Crippen LogP contribution >= 0.6 is 0 Å². The van der Waals surface area contributed by atoms with E-state index in [2.05, 4.69) is 10.3 Å². The molecule has 3 aromatic rings. The van der Waals surface area contributed by atoms with E-state index in [1.54, 1.807) is 37.6 Å². The molecule has 3 rings (SSSR count). The van der Waals surface area contributed by atoms with Crippen LogP contribution in [0.5, 0.6) is 17.4 Å². The number of rotatable bonds is 6. The van der Waals surface area contributed by atoms with E-state index in [0.717, 1.165) is 22.4 Å². The van der Waals surface area contributed by atoms with Gasteiger partial charge in [-0.3, -0.25) is 4.79 Å². The molecule has 138 valence electrons. The first kappa shape index (κ1) is 18.5. The number of amides is 1. The van der Waals surface area contributed by atoms with Crippen LogP contribution in [0.4, 0.5) is 0 Å². The van der Waals surface area contributed by atoms with E-state index in [9.17, 15) is 4.79 Å². The van der Waals surface area contributed by atoms with E-state index in [1.165, 1.54) is 0 Å². The third kappa shape index (κ3) is 4.64. The van der Waals surface area contributed by atoms with Crippen LogP contribution in [0.2, 0.25) is 0 Å². The molecule has 27 heavy (non-hydrogen) atoms. The zero-order valence-corrected chi connectivity index (χ0v) is 15.7. The molecule has 0 saturated carbocycles. The molecule has 1 amide bonds. The highest BCUT2D eigenvalue weighted by Gasteiger charge is 2.11. The lowest BCUT2D eigenvalue weighted by Crippen LogP contribution is -2.23. The van der Waals surface area contributed by atoms with Crippen LogP contribution in [0.3, 0.4) is 0 Å². The van der Waals surface area contributed by atoms with Crippen LogP contribution in [0.1, 0.15) is 27.0 Å². The number of methoxy groups -OCH3 is 1. The van der Waals surface area contributed by atoms with Crippen LogP contribution < -0.4 is 14.8 Å². The minimum atomic E-state index is -0.192. The van der Waals surface area contributed by atoms with Crippen molar-refractivity contribution in [2.45, 2.75) is 20.4 Å². The number of carbonyl (C=O) groups is 1. The van der Waals surface area contributed by atoms with E-state index in [0.29, 0.717) is 23.7 Å². The van der Waals surface area contributed by atoms with E-state index in [1.807, 2.05) is 44.2 Å². The number of aryl methyl sites for hydroxylation is 2. The fourth-order valence-corrected chi connectivity index (χ4v) is 2.62. The molecule has 2 aromatic carbocycles. The molecule has 0 aliphatic rings. The van der Waals surface area contributed by atoms with Crippen LogP contribution in [-0.2, 0) is 6.54 Å². The number of benzene rings is 2. The maximum atomic E-state index is 12.3. The lowest BCUT2D eigenvalue weighted by Gasteiger charge is -2.10. The van der Waals surface area contributed by atoms with Crippen LogP contribution in [0, 0.1) is 13.8 Å². The summed E-state index contributed by atoms with van der Waals surface area (Å²) in [4.78, 5) is 16.7. The third-order valence-electron chi connectivity index (χ3n) is 4.16. The molecule has 5 heteroatoms. The molecule has 1 N–H and O–H groups in total. The number of hydrogen-bond acceptors (Lipinski definition) is 4. The second-order valence-electron chi connectivity index (χ2n) is 6.26. The van der Waals surface area contributed by atoms with Crippen molar-refractivity contribution in [3.05, 3.63) is 83.0 Å². The van der Waals surface area contributed by atoms with Crippen LogP contribution in [0.25, 0.3) is 0 Å². The van der Waals surface area contributed by atoms with Gasteiger partial charge < -0.3 is 14.8 Å². The topological polar surface area (TPSA) is 60.5 Å². The Bertz CT molecular complexity index is 937. The number of carbonyl (C=O) groups excluding carboxylic acids is 1. The van der Waals surface area contributed by atoms with Gasteiger partial charge in [-0.2, -0.15) is 0 Å². The maximum Gasteiger partial charge on any atom is 0.255 e. The van der Waals surface area contributed by atoms with Crippen molar-refractivity contribution in [3.63, 3.8) is 0 Å². The third-order valence-corrected chi connectivity index (χ3v) is 4.16. The Balaban J connectivity index is 1.62.